The summed E-state index contributed by atoms with van der Waals surface area (Å²) in [6.45, 7) is 1.52. The van der Waals surface area contributed by atoms with E-state index in [0.29, 0.717) is 17.0 Å². The van der Waals surface area contributed by atoms with Gasteiger partial charge >= 0.3 is 0 Å². The normalized spacial score (nSPS) is 14.9. The summed E-state index contributed by atoms with van der Waals surface area (Å²) in [5, 5.41) is 12.0. The molecule has 0 radical (unpaired) electrons. The number of aryl methyl sites for hydroxylation is 1. The van der Waals surface area contributed by atoms with Crippen LogP contribution in [0.5, 0.6) is 5.75 Å². The molecule has 1 aliphatic rings. The highest BCUT2D eigenvalue weighted by Crippen LogP contribution is 2.47. The van der Waals surface area contributed by atoms with Crippen LogP contribution in [0.4, 0.5) is 5.69 Å². The van der Waals surface area contributed by atoms with Crippen LogP contribution in [0.2, 0.25) is 0 Å². The minimum absolute atomic E-state index is 0.169. The summed E-state index contributed by atoms with van der Waals surface area (Å²) in [5.41, 5.74) is 1.87. The molecule has 7 nitrogen and oxygen atoms in total. The Morgan fingerprint density at radius 2 is 1.86 bits per heavy atom. The molecule has 2 aromatic rings. The molecule has 29 heavy (non-hydrogen) atoms. The van der Waals surface area contributed by atoms with Gasteiger partial charge in [-0.25, -0.2) is 12.7 Å². The summed E-state index contributed by atoms with van der Waals surface area (Å²) in [4.78, 5) is 12.3. The Hall–Kier alpha value is -2.89. The Bertz CT molecular complexity index is 1070. The van der Waals surface area contributed by atoms with Crippen molar-refractivity contribution < 1.29 is 17.9 Å². The molecule has 1 saturated carbocycles. The van der Waals surface area contributed by atoms with E-state index in [-0.39, 0.29) is 22.8 Å². The van der Waals surface area contributed by atoms with Crippen LogP contribution in [0.15, 0.2) is 47.4 Å². The number of nitriles is 1. The maximum absolute atomic E-state index is 12.2. The van der Waals surface area contributed by atoms with Gasteiger partial charge in [-0.1, -0.05) is 12.1 Å². The molecule has 3 rings (SSSR count). The summed E-state index contributed by atoms with van der Waals surface area (Å²) in [5.74, 6) is 0.112. The molecule has 0 aliphatic heterocycles. The number of anilines is 1. The number of amides is 1. The van der Waals surface area contributed by atoms with Crippen molar-refractivity contribution in [3.63, 3.8) is 0 Å². The average molecular weight is 413 g/mol. The van der Waals surface area contributed by atoms with E-state index >= 15 is 0 Å². The van der Waals surface area contributed by atoms with Crippen molar-refractivity contribution in [2.75, 3.05) is 26.0 Å². The van der Waals surface area contributed by atoms with Gasteiger partial charge in [0.05, 0.1) is 16.4 Å². The van der Waals surface area contributed by atoms with Gasteiger partial charge in [-0.2, -0.15) is 5.26 Å². The fraction of sp³-hybridized carbons (Fsp3) is 0.333. The second-order valence-corrected chi connectivity index (χ2v) is 9.47. The van der Waals surface area contributed by atoms with Gasteiger partial charge in [0, 0.05) is 19.8 Å². The molecule has 0 heterocycles. The van der Waals surface area contributed by atoms with Crippen LogP contribution < -0.4 is 10.1 Å². The van der Waals surface area contributed by atoms with Crippen molar-refractivity contribution in [1.82, 2.24) is 4.31 Å². The first-order valence-corrected chi connectivity index (χ1v) is 10.6. The number of hydrogen-bond donors (Lipinski definition) is 1. The number of nitrogens with one attached hydrogen (secondary N) is 1. The smallest absolute Gasteiger partial charge is 0.262 e. The van der Waals surface area contributed by atoms with Crippen molar-refractivity contribution in [1.29, 1.82) is 5.26 Å². The van der Waals surface area contributed by atoms with Gasteiger partial charge in [-0.05, 0) is 61.2 Å². The molecule has 1 N–H and O–H groups in total. The Balaban J connectivity index is 1.59. The number of ether oxygens (including phenoxy) is 1. The standard InChI is InChI=1S/C21H23N3O4S/c1-15-12-18(29(26,27)24(2)3)8-9-19(15)28-13-20(25)23-17-6-4-16(5-7-17)21(14-22)10-11-21/h4-9,12H,10-11,13H2,1-3H3,(H,23,25). The van der Waals surface area contributed by atoms with Gasteiger partial charge in [0.2, 0.25) is 10.0 Å². The second kappa shape index (κ2) is 7.85. The summed E-state index contributed by atoms with van der Waals surface area (Å²) in [6.07, 6.45) is 1.74. The predicted octanol–water partition coefficient (Wildman–Crippen LogP) is 2.82. The van der Waals surface area contributed by atoms with E-state index in [2.05, 4.69) is 11.4 Å². The Kier molecular flexibility index (Phi) is 5.64. The molecule has 1 aliphatic carbocycles. The molecule has 1 fully saturated rings. The van der Waals surface area contributed by atoms with E-state index in [9.17, 15) is 18.5 Å². The fourth-order valence-corrected chi connectivity index (χ4v) is 3.95. The summed E-state index contributed by atoms with van der Waals surface area (Å²) in [7, 11) is -0.583. The lowest BCUT2D eigenvalue weighted by Gasteiger charge is -2.14. The molecular formula is C21H23N3O4S. The SMILES string of the molecule is Cc1cc(S(=O)(=O)N(C)C)ccc1OCC(=O)Nc1ccc(C2(C#N)CC2)cc1. The van der Waals surface area contributed by atoms with Crippen LogP contribution in [-0.2, 0) is 20.2 Å². The van der Waals surface area contributed by atoms with Crippen molar-refractivity contribution in [2.24, 2.45) is 0 Å². The third kappa shape index (κ3) is 4.42. The first kappa shape index (κ1) is 20.8. The summed E-state index contributed by atoms with van der Waals surface area (Å²) >= 11 is 0. The molecule has 152 valence electrons. The molecular weight excluding hydrogens is 390 g/mol. The number of nitrogens with zero attached hydrogens (tertiary/aromatic N) is 2. The quantitative estimate of drug-likeness (QED) is 0.752. The van der Waals surface area contributed by atoms with Crippen LogP contribution >= 0.6 is 0 Å². The molecule has 1 amide bonds. The van der Waals surface area contributed by atoms with E-state index in [0.717, 1.165) is 22.7 Å². The molecule has 0 saturated heterocycles. The average Bonchev–Trinajstić information content (AvgIpc) is 3.48. The molecule has 0 spiro atoms. The summed E-state index contributed by atoms with van der Waals surface area (Å²) in [6, 6.07) is 14.1. The molecule has 0 atom stereocenters. The summed E-state index contributed by atoms with van der Waals surface area (Å²) < 4.78 is 31.0. The Labute approximate surface area is 171 Å². The van der Waals surface area contributed by atoms with Gasteiger partial charge in [-0.15, -0.1) is 0 Å². The lowest BCUT2D eigenvalue weighted by atomic mass is 9.98. The molecule has 8 heteroatoms. The van der Waals surface area contributed by atoms with E-state index in [1.807, 2.05) is 12.1 Å². The predicted molar refractivity (Wildman–Crippen MR) is 109 cm³/mol. The maximum atomic E-state index is 12.2. The van der Waals surface area contributed by atoms with Gasteiger partial charge < -0.3 is 10.1 Å². The van der Waals surface area contributed by atoms with Crippen LogP contribution in [0.1, 0.15) is 24.0 Å². The third-order valence-corrected chi connectivity index (χ3v) is 6.78. The molecule has 0 bridgehead atoms. The van der Waals surface area contributed by atoms with E-state index in [1.165, 1.54) is 26.2 Å². The zero-order valence-corrected chi connectivity index (χ0v) is 17.4. The molecule has 2 aromatic carbocycles. The zero-order chi connectivity index (χ0) is 21.2. The minimum atomic E-state index is -3.52. The lowest BCUT2D eigenvalue weighted by molar-refractivity contribution is -0.118. The highest BCUT2D eigenvalue weighted by atomic mass is 32.2. The lowest BCUT2D eigenvalue weighted by Crippen LogP contribution is -2.22. The second-order valence-electron chi connectivity index (χ2n) is 7.32. The molecule has 0 unspecified atom stereocenters. The number of sulfonamides is 1. The Morgan fingerprint density at radius 1 is 1.21 bits per heavy atom. The Morgan fingerprint density at radius 3 is 2.38 bits per heavy atom. The number of benzene rings is 2. The highest BCUT2D eigenvalue weighted by molar-refractivity contribution is 7.89. The fourth-order valence-electron chi connectivity index (χ4n) is 2.96. The van der Waals surface area contributed by atoms with Crippen LogP contribution in [0.25, 0.3) is 0 Å². The first-order valence-electron chi connectivity index (χ1n) is 9.16. The number of carbonyl (C=O) groups excluding carboxylic acids is 1. The molecule has 0 aromatic heterocycles. The van der Waals surface area contributed by atoms with Crippen molar-refractivity contribution in [3.8, 4) is 11.8 Å². The topological polar surface area (TPSA) is 99.5 Å². The van der Waals surface area contributed by atoms with Crippen molar-refractivity contribution in [3.05, 3.63) is 53.6 Å². The van der Waals surface area contributed by atoms with Crippen LogP contribution in [-0.4, -0.2) is 39.3 Å². The van der Waals surface area contributed by atoms with Crippen molar-refractivity contribution >= 4 is 21.6 Å². The minimum Gasteiger partial charge on any atom is -0.483 e. The largest absolute Gasteiger partial charge is 0.483 e. The van der Waals surface area contributed by atoms with Gasteiger partial charge in [-0.3, -0.25) is 4.79 Å². The van der Waals surface area contributed by atoms with Crippen LogP contribution in [0, 0.1) is 18.3 Å². The zero-order valence-electron chi connectivity index (χ0n) is 16.6. The monoisotopic (exact) mass is 413 g/mol. The van der Waals surface area contributed by atoms with Gasteiger partial charge in [0.15, 0.2) is 6.61 Å². The maximum Gasteiger partial charge on any atom is 0.262 e. The number of hydrogen-bond acceptors (Lipinski definition) is 5. The number of carbonyl (C=O) groups is 1. The van der Waals surface area contributed by atoms with Crippen LogP contribution in [0.3, 0.4) is 0 Å². The van der Waals surface area contributed by atoms with Gasteiger partial charge in [0.25, 0.3) is 5.91 Å². The van der Waals surface area contributed by atoms with Crippen molar-refractivity contribution in [2.45, 2.75) is 30.1 Å². The number of rotatable bonds is 7. The highest BCUT2D eigenvalue weighted by Gasteiger charge is 2.44. The van der Waals surface area contributed by atoms with Gasteiger partial charge in [0.1, 0.15) is 5.75 Å². The third-order valence-electron chi connectivity index (χ3n) is 4.97. The van der Waals surface area contributed by atoms with E-state index < -0.39 is 10.0 Å². The first-order chi connectivity index (χ1) is 13.7. The van der Waals surface area contributed by atoms with E-state index in [4.69, 9.17) is 4.74 Å². The van der Waals surface area contributed by atoms with E-state index in [1.54, 1.807) is 25.1 Å².